The lowest BCUT2D eigenvalue weighted by Crippen LogP contribution is -2.14. The van der Waals surface area contributed by atoms with Gasteiger partial charge in [-0.15, -0.1) is 0 Å². The molecule has 0 bridgehead atoms. The van der Waals surface area contributed by atoms with E-state index in [2.05, 4.69) is 11.1 Å². The van der Waals surface area contributed by atoms with Crippen molar-refractivity contribution >= 4 is 0 Å². The average Bonchev–Trinajstić information content (AvgIpc) is 2.30. The number of hydrogen-bond acceptors (Lipinski definition) is 3. The summed E-state index contributed by atoms with van der Waals surface area (Å²) in [6.45, 7) is 1.74. The molecule has 0 aliphatic carbocycles. The molecule has 1 aromatic rings. The predicted molar refractivity (Wildman–Crippen MR) is 53.6 cm³/mol. The van der Waals surface area contributed by atoms with E-state index in [4.69, 9.17) is 9.47 Å². The Morgan fingerprint density at radius 2 is 2.14 bits per heavy atom. The second-order valence-corrected chi connectivity index (χ2v) is 3.52. The van der Waals surface area contributed by atoms with Gasteiger partial charge >= 0.3 is 0 Å². The van der Waals surface area contributed by atoms with Crippen molar-refractivity contribution in [3.63, 3.8) is 0 Å². The zero-order valence-corrected chi connectivity index (χ0v) is 8.40. The molecule has 0 aromatic carbocycles. The first kappa shape index (κ1) is 9.46. The minimum Gasteiger partial charge on any atom is -0.481 e. The van der Waals surface area contributed by atoms with Crippen molar-refractivity contribution in [2.45, 2.75) is 18.8 Å². The Kier molecular flexibility index (Phi) is 2.99. The van der Waals surface area contributed by atoms with Gasteiger partial charge in [0.2, 0.25) is 5.88 Å². The topological polar surface area (TPSA) is 31.4 Å². The van der Waals surface area contributed by atoms with Gasteiger partial charge in [-0.05, 0) is 24.3 Å². The van der Waals surface area contributed by atoms with Crippen molar-refractivity contribution in [2.75, 3.05) is 20.3 Å². The van der Waals surface area contributed by atoms with Gasteiger partial charge in [-0.2, -0.15) is 0 Å². The van der Waals surface area contributed by atoms with Crippen LogP contribution in [0.25, 0.3) is 0 Å². The quantitative estimate of drug-likeness (QED) is 0.719. The minimum absolute atomic E-state index is 0.613. The number of pyridine rings is 1. The largest absolute Gasteiger partial charge is 0.481 e. The molecule has 14 heavy (non-hydrogen) atoms. The molecule has 1 aromatic heterocycles. The van der Waals surface area contributed by atoms with Gasteiger partial charge < -0.3 is 9.47 Å². The Hall–Kier alpha value is -1.09. The van der Waals surface area contributed by atoms with Gasteiger partial charge in [0.05, 0.1) is 7.11 Å². The van der Waals surface area contributed by atoms with E-state index in [1.54, 1.807) is 7.11 Å². The highest BCUT2D eigenvalue weighted by Crippen LogP contribution is 2.26. The van der Waals surface area contributed by atoms with Gasteiger partial charge in [0, 0.05) is 25.5 Å². The molecular formula is C11H15NO2. The summed E-state index contributed by atoms with van der Waals surface area (Å²) in [5.74, 6) is 1.29. The highest BCUT2D eigenvalue weighted by atomic mass is 16.5. The van der Waals surface area contributed by atoms with Gasteiger partial charge in [-0.3, -0.25) is 0 Å². The van der Waals surface area contributed by atoms with Crippen LogP contribution in [0.15, 0.2) is 18.3 Å². The Labute approximate surface area is 84.1 Å². The normalized spacial score (nSPS) is 18.1. The molecule has 1 aliphatic rings. The molecule has 0 unspecified atom stereocenters. The van der Waals surface area contributed by atoms with Crippen LogP contribution in [0, 0.1) is 0 Å². The lowest BCUT2D eigenvalue weighted by Gasteiger charge is -2.21. The van der Waals surface area contributed by atoms with E-state index in [1.165, 1.54) is 5.56 Å². The number of nitrogens with zero attached hydrogens (tertiary/aromatic N) is 1. The van der Waals surface area contributed by atoms with Gasteiger partial charge in [-0.1, -0.05) is 6.07 Å². The molecule has 1 fully saturated rings. The fourth-order valence-electron chi connectivity index (χ4n) is 1.78. The second kappa shape index (κ2) is 4.42. The van der Waals surface area contributed by atoms with Crippen LogP contribution in [-0.2, 0) is 4.74 Å². The second-order valence-electron chi connectivity index (χ2n) is 3.52. The molecule has 3 heteroatoms. The molecular weight excluding hydrogens is 178 g/mol. The van der Waals surface area contributed by atoms with Crippen molar-refractivity contribution < 1.29 is 9.47 Å². The third-order valence-corrected chi connectivity index (χ3v) is 2.66. The van der Waals surface area contributed by atoms with Gasteiger partial charge in [-0.25, -0.2) is 4.98 Å². The van der Waals surface area contributed by atoms with Crippen LogP contribution in [0.1, 0.15) is 24.3 Å². The molecule has 0 atom stereocenters. The van der Waals surface area contributed by atoms with Crippen molar-refractivity contribution in [1.82, 2.24) is 4.98 Å². The highest BCUT2D eigenvalue weighted by molar-refractivity contribution is 5.21. The van der Waals surface area contributed by atoms with Crippen molar-refractivity contribution in [1.29, 1.82) is 0 Å². The van der Waals surface area contributed by atoms with E-state index in [0.29, 0.717) is 11.8 Å². The van der Waals surface area contributed by atoms with E-state index in [0.717, 1.165) is 26.1 Å². The number of hydrogen-bond donors (Lipinski definition) is 0. The van der Waals surface area contributed by atoms with Crippen LogP contribution in [0.2, 0.25) is 0 Å². The maximum absolute atomic E-state index is 5.32. The predicted octanol–water partition coefficient (Wildman–Crippen LogP) is 1.98. The van der Waals surface area contributed by atoms with Crippen LogP contribution in [0.4, 0.5) is 0 Å². The van der Waals surface area contributed by atoms with Crippen LogP contribution in [0.3, 0.4) is 0 Å². The Morgan fingerprint density at radius 3 is 2.71 bits per heavy atom. The zero-order chi connectivity index (χ0) is 9.80. The van der Waals surface area contributed by atoms with Gasteiger partial charge in [0.15, 0.2) is 0 Å². The fraction of sp³-hybridized carbons (Fsp3) is 0.545. The summed E-state index contributed by atoms with van der Waals surface area (Å²) >= 11 is 0. The molecule has 3 nitrogen and oxygen atoms in total. The minimum atomic E-state index is 0.613. The van der Waals surface area contributed by atoms with Crippen LogP contribution >= 0.6 is 0 Å². The first-order valence-electron chi connectivity index (χ1n) is 4.98. The van der Waals surface area contributed by atoms with Crippen molar-refractivity contribution in [2.24, 2.45) is 0 Å². The number of methoxy groups -OCH3 is 1. The van der Waals surface area contributed by atoms with Gasteiger partial charge in [0.25, 0.3) is 0 Å². The van der Waals surface area contributed by atoms with E-state index in [9.17, 15) is 0 Å². The average molecular weight is 193 g/mol. The molecule has 76 valence electrons. The summed E-state index contributed by atoms with van der Waals surface area (Å²) in [7, 11) is 1.64. The summed E-state index contributed by atoms with van der Waals surface area (Å²) < 4.78 is 10.3. The molecule has 2 heterocycles. The molecule has 0 amide bonds. The van der Waals surface area contributed by atoms with Crippen LogP contribution < -0.4 is 4.74 Å². The molecule has 0 spiro atoms. The Balaban J connectivity index is 2.07. The molecule has 1 saturated heterocycles. The number of aromatic nitrogens is 1. The van der Waals surface area contributed by atoms with E-state index >= 15 is 0 Å². The lowest BCUT2D eigenvalue weighted by molar-refractivity contribution is 0.0852. The summed E-state index contributed by atoms with van der Waals surface area (Å²) in [5.41, 5.74) is 1.30. The van der Waals surface area contributed by atoms with E-state index in [1.807, 2.05) is 12.3 Å². The van der Waals surface area contributed by atoms with Crippen molar-refractivity contribution in [3.05, 3.63) is 23.9 Å². The molecule has 1 aliphatic heterocycles. The van der Waals surface area contributed by atoms with Crippen LogP contribution in [0.5, 0.6) is 5.88 Å². The molecule has 0 N–H and O–H groups in total. The first-order valence-corrected chi connectivity index (χ1v) is 4.98. The molecule has 2 rings (SSSR count). The summed E-state index contributed by atoms with van der Waals surface area (Å²) in [6.07, 6.45) is 4.12. The maximum Gasteiger partial charge on any atom is 0.212 e. The first-order chi connectivity index (χ1) is 6.90. The Morgan fingerprint density at radius 1 is 1.36 bits per heavy atom. The zero-order valence-electron chi connectivity index (χ0n) is 8.40. The highest BCUT2D eigenvalue weighted by Gasteiger charge is 2.15. The lowest BCUT2D eigenvalue weighted by atomic mass is 9.93. The standard InChI is InChI=1S/C11H15NO2/c1-13-11-3-2-10(8-12-11)9-4-6-14-7-5-9/h2-3,8-9H,4-7H2,1H3. The Bertz CT molecular complexity index is 278. The molecule has 0 radical (unpaired) electrons. The maximum atomic E-state index is 5.32. The number of ether oxygens (including phenoxy) is 2. The summed E-state index contributed by atoms with van der Waals surface area (Å²) in [5, 5.41) is 0. The van der Waals surface area contributed by atoms with E-state index < -0.39 is 0 Å². The van der Waals surface area contributed by atoms with E-state index in [-0.39, 0.29) is 0 Å². The van der Waals surface area contributed by atoms with Crippen LogP contribution in [-0.4, -0.2) is 25.3 Å². The third kappa shape index (κ3) is 2.04. The smallest absolute Gasteiger partial charge is 0.212 e. The fourth-order valence-corrected chi connectivity index (χ4v) is 1.78. The SMILES string of the molecule is COc1ccc(C2CCOCC2)cn1. The van der Waals surface area contributed by atoms with Gasteiger partial charge in [0.1, 0.15) is 0 Å². The molecule has 0 saturated carbocycles. The van der Waals surface area contributed by atoms with Crippen molar-refractivity contribution in [3.8, 4) is 5.88 Å². The monoisotopic (exact) mass is 193 g/mol. The summed E-state index contributed by atoms with van der Waals surface area (Å²) in [4.78, 5) is 4.21. The number of rotatable bonds is 2. The third-order valence-electron chi connectivity index (χ3n) is 2.66. The summed E-state index contributed by atoms with van der Waals surface area (Å²) in [6, 6.07) is 4.02.